The quantitative estimate of drug-likeness (QED) is 0.800. The number of aryl methyl sites for hydroxylation is 2. The van der Waals surface area contributed by atoms with E-state index in [-0.39, 0.29) is 11.7 Å². The van der Waals surface area contributed by atoms with E-state index in [1.54, 1.807) is 30.7 Å². The second-order valence-electron chi connectivity index (χ2n) is 5.01. The number of hydrogen-bond acceptors (Lipinski definition) is 5. The largest absolute Gasteiger partial charge is 0.296 e. The molecule has 2 heterocycles. The lowest BCUT2D eigenvalue weighted by atomic mass is 10.2. The highest BCUT2D eigenvalue weighted by Crippen LogP contribution is 2.21. The summed E-state index contributed by atoms with van der Waals surface area (Å²) in [6, 6.07) is 5.94. The summed E-state index contributed by atoms with van der Waals surface area (Å²) in [4.78, 5) is 12.5. The molecular weight excluding hydrogens is 317 g/mol. The number of benzene rings is 1. The van der Waals surface area contributed by atoms with E-state index in [0.717, 1.165) is 5.01 Å². The molecule has 2 aromatic heterocycles. The topological polar surface area (TPSA) is 72.7 Å². The third-order valence-corrected chi connectivity index (χ3v) is 4.09. The van der Waals surface area contributed by atoms with Crippen LogP contribution in [0.15, 0.2) is 24.3 Å². The molecule has 0 saturated carbocycles. The Kier molecular flexibility index (Phi) is 3.91. The summed E-state index contributed by atoms with van der Waals surface area (Å²) in [7, 11) is 0. The van der Waals surface area contributed by atoms with Crippen molar-refractivity contribution in [3.05, 3.63) is 52.0 Å². The van der Waals surface area contributed by atoms with Crippen LogP contribution in [0.5, 0.6) is 0 Å². The van der Waals surface area contributed by atoms with Crippen LogP contribution in [0.25, 0.3) is 5.69 Å². The second-order valence-corrected chi connectivity index (χ2v) is 6.20. The van der Waals surface area contributed by atoms with Crippen molar-refractivity contribution < 1.29 is 9.18 Å². The molecule has 0 fully saturated rings. The molecule has 0 saturated heterocycles. The van der Waals surface area contributed by atoms with Gasteiger partial charge in [0.15, 0.2) is 0 Å². The Morgan fingerprint density at radius 2 is 1.87 bits per heavy atom. The minimum atomic E-state index is -0.320. The van der Waals surface area contributed by atoms with E-state index in [9.17, 15) is 9.18 Å². The van der Waals surface area contributed by atoms with Crippen LogP contribution in [-0.4, -0.2) is 25.9 Å². The lowest BCUT2D eigenvalue weighted by Gasteiger charge is -2.05. The summed E-state index contributed by atoms with van der Waals surface area (Å²) in [5.41, 5.74) is 2.43. The van der Waals surface area contributed by atoms with Crippen molar-refractivity contribution >= 4 is 22.4 Å². The summed E-state index contributed by atoms with van der Waals surface area (Å²) >= 11 is 1.30. The molecule has 0 aliphatic carbocycles. The van der Waals surface area contributed by atoms with E-state index in [2.05, 4.69) is 20.6 Å². The summed E-state index contributed by atoms with van der Waals surface area (Å²) in [6.45, 7) is 5.37. The zero-order chi connectivity index (χ0) is 16.6. The van der Waals surface area contributed by atoms with E-state index >= 15 is 0 Å². The first-order chi connectivity index (χ1) is 11.0. The van der Waals surface area contributed by atoms with Gasteiger partial charge >= 0.3 is 0 Å². The molecule has 1 N–H and O–H groups in total. The molecule has 0 aliphatic heterocycles. The highest BCUT2D eigenvalue weighted by Gasteiger charge is 2.20. The van der Waals surface area contributed by atoms with Crippen molar-refractivity contribution in [2.45, 2.75) is 20.8 Å². The predicted molar refractivity (Wildman–Crippen MR) is 85.6 cm³/mol. The molecule has 0 atom stereocenters. The molecule has 0 aliphatic rings. The smallest absolute Gasteiger partial charge is 0.261 e. The van der Waals surface area contributed by atoms with Gasteiger partial charge in [0.1, 0.15) is 10.8 Å². The number of carbonyl (C=O) groups excluding carboxylic acids is 1. The summed E-state index contributed by atoms with van der Waals surface area (Å²) in [6.07, 6.45) is 0. The van der Waals surface area contributed by atoms with Crippen molar-refractivity contribution in [2.75, 3.05) is 5.32 Å². The van der Waals surface area contributed by atoms with Crippen molar-refractivity contribution in [3.8, 4) is 5.69 Å². The van der Waals surface area contributed by atoms with Crippen LogP contribution in [-0.2, 0) is 0 Å². The van der Waals surface area contributed by atoms with Crippen LogP contribution in [0.4, 0.5) is 9.52 Å². The molecule has 23 heavy (non-hydrogen) atoms. The molecule has 118 valence electrons. The van der Waals surface area contributed by atoms with Gasteiger partial charge in [-0.3, -0.25) is 10.1 Å². The maximum absolute atomic E-state index is 13.1. The monoisotopic (exact) mass is 331 g/mol. The Balaban J connectivity index is 1.94. The van der Waals surface area contributed by atoms with Gasteiger partial charge in [0, 0.05) is 0 Å². The fraction of sp³-hybridized carbons (Fsp3) is 0.200. The average Bonchev–Trinajstić information content (AvgIpc) is 3.03. The van der Waals surface area contributed by atoms with Crippen molar-refractivity contribution in [2.24, 2.45) is 0 Å². The molecule has 1 amide bonds. The normalized spacial score (nSPS) is 10.8. The first kappa shape index (κ1) is 15.3. The Morgan fingerprint density at radius 1 is 1.17 bits per heavy atom. The summed E-state index contributed by atoms with van der Waals surface area (Å²) in [5.74, 6) is -0.607. The van der Waals surface area contributed by atoms with Gasteiger partial charge < -0.3 is 0 Å². The average molecular weight is 331 g/mol. The van der Waals surface area contributed by atoms with Crippen LogP contribution in [0.2, 0.25) is 0 Å². The molecule has 1 aromatic carbocycles. The minimum absolute atomic E-state index is 0.287. The van der Waals surface area contributed by atoms with Gasteiger partial charge in [-0.05, 0) is 45.0 Å². The minimum Gasteiger partial charge on any atom is -0.296 e. The number of carbonyl (C=O) groups is 1. The molecule has 0 unspecified atom stereocenters. The SMILES string of the molecule is Cc1nnc(NC(=O)c2c(C)nn(-c3ccc(F)cc3)c2C)s1. The van der Waals surface area contributed by atoms with E-state index in [0.29, 0.717) is 27.8 Å². The van der Waals surface area contributed by atoms with Gasteiger partial charge in [0.2, 0.25) is 5.13 Å². The summed E-state index contributed by atoms with van der Waals surface area (Å²) in [5, 5.41) is 16.1. The number of aromatic nitrogens is 4. The summed E-state index contributed by atoms with van der Waals surface area (Å²) < 4.78 is 14.7. The molecule has 0 spiro atoms. The number of nitrogens with one attached hydrogen (secondary N) is 1. The third kappa shape index (κ3) is 2.98. The first-order valence-electron chi connectivity index (χ1n) is 6.89. The van der Waals surface area contributed by atoms with Crippen LogP contribution < -0.4 is 5.32 Å². The first-order valence-corrected chi connectivity index (χ1v) is 7.71. The predicted octanol–water partition coefficient (Wildman–Crippen LogP) is 3.04. The Hall–Kier alpha value is -2.61. The molecule has 0 bridgehead atoms. The van der Waals surface area contributed by atoms with E-state index in [1.165, 1.54) is 23.5 Å². The zero-order valence-corrected chi connectivity index (χ0v) is 13.6. The molecule has 6 nitrogen and oxygen atoms in total. The fourth-order valence-corrected chi connectivity index (χ4v) is 2.90. The van der Waals surface area contributed by atoms with Crippen molar-refractivity contribution in [1.29, 1.82) is 0 Å². The van der Waals surface area contributed by atoms with Gasteiger partial charge in [-0.15, -0.1) is 10.2 Å². The van der Waals surface area contributed by atoms with Crippen molar-refractivity contribution in [1.82, 2.24) is 20.0 Å². The zero-order valence-electron chi connectivity index (χ0n) is 12.8. The van der Waals surface area contributed by atoms with Crippen LogP contribution in [0.3, 0.4) is 0 Å². The van der Waals surface area contributed by atoms with Crippen LogP contribution >= 0.6 is 11.3 Å². The number of halogens is 1. The molecule has 3 aromatic rings. The number of nitrogens with zero attached hydrogens (tertiary/aromatic N) is 4. The number of anilines is 1. The molecule has 3 rings (SSSR count). The van der Waals surface area contributed by atoms with Gasteiger partial charge in [-0.1, -0.05) is 11.3 Å². The highest BCUT2D eigenvalue weighted by atomic mass is 32.1. The number of amides is 1. The molecule has 8 heteroatoms. The Labute approximate surface area is 136 Å². The van der Waals surface area contributed by atoms with E-state index in [1.807, 2.05) is 6.92 Å². The van der Waals surface area contributed by atoms with Gasteiger partial charge in [-0.25, -0.2) is 9.07 Å². The molecular formula is C15H14FN5OS. The maximum atomic E-state index is 13.1. The highest BCUT2D eigenvalue weighted by molar-refractivity contribution is 7.15. The number of hydrogen-bond donors (Lipinski definition) is 1. The van der Waals surface area contributed by atoms with Crippen LogP contribution in [0.1, 0.15) is 26.8 Å². The standard InChI is InChI=1S/C15H14FN5OS/c1-8-13(14(22)17-15-19-18-10(3)23-15)9(2)21(20-8)12-6-4-11(16)5-7-12/h4-7H,1-3H3,(H,17,19,22). The Bertz CT molecular complexity index is 869. The fourth-order valence-electron chi connectivity index (χ4n) is 2.31. The Morgan fingerprint density at radius 3 is 2.48 bits per heavy atom. The lowest BCUT2D eigenvalue weighted by Crippen LogP contribution is -2.14. The maximum Gasteiger partial charge on any atom is 0.261 e. The van der Waals surface area contributed by atoms with Crippen molar-refractivity contribution in [3.63, 3.8) is 0 Å². The lowest BCUT2D eigenvalue weighted by molar-refractivity contribution is 0.102. The van der Waals surface area contributed by atoms with Gasteiger partial charge in [0.05, 0.1) is 22.6 Å². The number of rotatable bonds is 3. The van der Waals surface area contributed by atoms with Gasteiger partial charge in [-0.2, -0.15) is 5.10 Å². The van der Waals surface area contributed by atoms with Crippen LogP contribution in [0, 0.1) is 26.6 Å². The third-order valence-electron chi connectivity index (χ3n) is 3.34. The van der Waals surface area contributed by atoms with Gasteiger partial charge in [0.25, 0.3) is 5.91 Å². The van der Waals surface area contributed by atoms with E-state index in [4.69, 9.17) is 0 Å². The molecule has 0 radical (unpaired) electrons. The second kappa shape index (κ2) is 5.88. The van der Waals surface area contributed by atoms with E-state index < -0.39 is 0 Å².